The second-order valence-electron chi connectivity index (χ2n) is 5.50. The van der Waals surface area contributed by atoms with Gasteiger partial charge in [-0.15, -0.1) is 0 Å². The maximum absolute atomic E-state index is 13.1. The van der Waals surface area contributed by atoms with Crippen molar-refractivity contribution in [1.82, 2.24) is 0 Å². The van der Waals surface area contributed by atoms with Gasteiger partial charge >= 0.3 is 5.97 Å². The van der Waals surface area contributed by atoms with Crippen molar-refractivity contribution in [3.05, 3.63) is 63.2 Å². The molecule has 0 aliphatic rings. The largest absolute Gasteiger partial charge is 0.480 e. The molecule has 0 heterocycles. The van der Waals surface area contributed by atoms with Crippen LogP contribution in [0.5, 0.6) is 0 Å². The monoisotopic (exact) mass is 398 g/mol. The molecule has 2 rings (SSSR count). The Morgan fingerprint density at radius 3 is 2.46 bits per heavy atom. The Morgan fingerprint density at radius 1 is 1.27 bits per heavy atom. The van der Waals surface area contributed by atoms with E-state index in [2.05, 4.69) is 0 Å². The first-order valence-corrected chi connectivity index (χ1v) is 9.15. The average Bonchev–Trinajstić information content (AvgIpc) is 2.58. The number of anilines is 1. The van der Waals surface area contributed by atoms with Gasteiger partial charge < -0.3 is 5.11 Å². The molecule has 0 aromatic heterocycles. The van der Waals surface area contributed by atoms with Gasteiger partial charge in [0.1, 0.15) is 6.04 Å². The zero-order valence-corrected chi connectivity index (χ0v) is 15.4. The molecule has 1 unspecified atom stereocenters. The maximum atomic E-state index is 13.1. The number of carbonyl (C=O) groups is 1. The summed E-state index contributed by atoms with van der Waals surface area (Å²) in [6.45, 7) is 2.86. The molecule has 0 spiro atoms. The van der Waals surface area contributed by atoms with Crippen LogP contribution >= 0.6 is 11.6 Å². The van der Waals surface area contributed by atoms with Crippen molar-refractivity contribution in [3.63, 3.8) is 0 Å². The SMILES string of the molecule is Cc1cc(N(C(C)C(=O)O)S(=O)(=O)c2cccc([N+](=O)[O-])c2)ccc1Cl. The zero-order chi connectivity index (χ0) is 19.6. The molecule has 0 bridgehead atoms. The van der Waals surface area contributed by atoms with Crippen LogP contribution in [0.2, 0.25) is 5.02 Å². The normalized spacial score (nSPS) is 12.4. The molecule has 0 radical (unpaired) electrons. The number of hydrogen-bond donors (Lipinski definition) is 1. The Morgan fingerprint density at radius 2 is 1.92 bits per heavy atom. The topological polar surface area (TPSA) is 118 Å². The molecule has 0 aliphatic heterocycles. The van der Waals surface area contributed by atoms with Crippen LogP contribution in [0.1, 0.15) is 12.5 Å². The lowest BCUT2D eigenvalue weighted by Gasteiger charge is -2.28. The number of nitro groups is 1. The summed E-state index contributed by atoms with van der Waals surface area (Å²) in [5.41, 5.74) is 0.232. The van der Waals surface area contributed by atoms with Gasteiger partial charge in [0.15, 0.2) is 0 Å². The lowest BCUT2D eigenvalue weighted by atomic mass is 10.2. The third-order valence-electron chi connectivity index (χ3n) is 3.69. The van der Waals surface area contributed by atoms with Crippen LogP contribution in [0.25, 0.3) is 0 Å². The molecule has 1 atom stereocenters. The van der Waals surface area contributed by atoms with E-state index in [9.17, 15) is 28.4 Å². The van der Waals surface area contributed by atoms with E-state index in [0.717, 1.165) is 12.1 Å². The van der Waals surface area contributed by atoms with Crippen molar-refractivity contribution in [3.8, 4) is 0 Å². The first-order valence-electron chi connectivity index (χ1n) is 7.33. The van der Waals surface area contributed by atoms with Gasteiger partial charge in [0.25, 0.3) is 15.7 Å². The molecular weight excluding hydrogens is 384 g/mol. The Hall–Kier alpha value is -2.65. The van der Waals surface area contributed by atoms with Crippen molar-refractivity contribution in [2.24, 2.45) is 0 Å². The first-order chi connectivity index (χ1) is 12.1. The van der Waals surface area contributed by atoms with Crippen LogP contribution in [0.4, 0.5) is 11.4 Å². The predicted octanol–water partition coefficient (Wildman–Crippen LogP) is 3.23. The number of non-ortho nitro benzene ring substituents is 1. The van der Waals surface area contributed by atoms with Crippen LogP contribution in [0.15, 0.2) is 47.4 Å². The third-order valence-corrected chi connectivity index (χ3v) is 6.01. The standard InChI is InChI=1S/C16H15ClN2O6S/c1-10-8-12(6-7-15(10)17)18(11(2)16(20)21)26(24,25)14-5-3-4-13(9-14)19(22)23/h3-9,11H,1-2H3,(H,20,21). The summed E-state index contributed by atoms with van der Waals surface area (Å²) in [5, 5.41) is 20.7. The van der Waals surface area contributed by atoms with Gasteiger partial charge in [-0.2, -0.15) is 0 Å². The number of nitro benzene ring substituents is 1. The van der Waals surface area contributed by atoms with Crippen molar-refractivity contribution in [2.75, 3.05) is 4.31 Å². The molecule has 0 aliphatic carbocycles. The summed E-state index contributed by atoms with van der Waals surface area (Å²) >= 11 is 5.96. The highest BCUT2D eigenvalue weighted by Gasteiger charge is 2.34. The van der Waals surface area contributed by atoms with Gasteiger partial charge in [0.2, 0.25) is 0 Å². The van der Waals surface area contributed by atoms with Crippen molar-refractivity contribution in [2.45, 2.75) is 24.8 Å². The molecule has 26 heavy (non-hydrogen) atoms. The molecule has 0 amide bonds. The van der Waals surface area contributed by atoms with Crippen LogP contribution in [-0.2, 0) is 14.8 Å². The van der Waals surface area contributed by atoms with Gasteiger partial charge in [0.05, 0.1) is 15.5 Å². The van der Waals surface area contributed by atoms with E-state index in [1.807, 2.05) is 0 Å². The summed E-state index contributed by atoms with van der Waals surface area (Å²) < 4.78 is 26.8. The summed E-state index contributed by atoms with van der Waals surface area (Å²) in [6, 6.07) is 7.27. The van der Waals surface area contributed by atoms with Crippen molar-refractivity contribution in [1.29, 1.82) is 0 Å². The van der Waals surface area contributed by atoms with Crippen LogP contribution in [-0.4, -0.2) is 30.5 Å². The summed E-state index contributed by atoms with van der Waals surface area (Å²) in [6.07, 6.45) is 0. The van der Waals surface area contributed by atoms with Crippen molar-refractivity contribution < 1.29 is 23.2 Å². The third kappa shape index (κ3) is 3.78. The Bertz CT molecular complexity index is 976. The second kappa shape index (κ2) is 7.30. The van der Waals surface area contributed by atoms with E-state index in [1.165, 1.54) is 37.3 Å². The van der Waals surface area contributed by atoms with Gasteiger partial charge in [-0.25, -0.2) is 13.2 Å². The number of rotatable bonds is 6. The summed E-state index contributed by atoms with van der Waals surface area (Å²) in [7, 11) is -4.38. The number of aliphatic carboxylic acids is 1. The fourth-order valence-electron chi connectivity index (χ4n) is 2.31. The second-order valence-corrected chi connectivity index (χ2v) is 7.73. The Kier molecular flexibility index (Phi) is 5.53. The number of sulfonamides is 1. The Labute approximate surface area is 154 Å². The number of carboxylic acids is 1. The lowest BCUT2D eigenvalue weighted by Crippen LogP contribution is -2.43. The average molecular weight is 399 g/mol. The van der Waals surface area contributed by atoms with Gasteiger partial charge in [-0.05, 0) is 43.7 Å². The molecule has 2 aromatic carbocycles. The number of halogens is 1. The van der Waals surface area contributed by atoms with Gasteiger partial charge in [-0.3, -0.25) is 14.4 Å². The quantitative estimate of drug-likeness (QED) is 0.589. The minimum Gasteiger partial charge on any atom is -0.480 e. The van der Waals surface area contributed by atoms with Crippen LogP contribution in [0, 0.1) is 17.0 Å². The minimum atomic E-state index is -4.38. The number of benzene rings is 2. The van der Waals surface area contributed by atoms with Gasteiger partial charge in [0, 0.05) is 17.2 Å². The highest BCUT2D eigenvalue weighted by Crippen LogP contribution is 2.30. The molecule has 0 saturated heterocycles. The van der Waals surface area contributed by atoms with E-state index in [-0.39, 0.29) is 10.6 Å². The molecule has 8 nitrogen and oxygen atoms in total. The fraction of sp³-hybridized carbons (Fsp3) is 0.188. The fourth-order valence-corrected chi connectivity index (χ4v) is 4.07. The molecule has 10 heteroatoms. The molecule has 138 valence electrons. The molecule has 1 N–H and O–H groups in total. The highest BCUT2D eigenvalue weighted by molar-refractivity contribution is 7.93. The smallest absolute Gasteiger partial charge is 0.327 e. The maximum Gasteiger partial charge on any atom is 0.327 e. The molecule has 0 fully saturated rings. The molecule has 0 saturated carbocycles. The summed E-state index contributed by atoms with van der Waals surface area (Å²) in [4.78, 5) is 21.3. The lowest BCUT2D eigenvalue weighted by molar-refractivity contribution is -0.385. The number of hydrogen-bond acceptors (Lipinski definition) is 5. The number of nitrogens with zero attached hydrogens (tertiary/aromatic N) is 2. The minimum absolute atomic E-state index is 0.0910. The molecular formula is C16H15ClN2O6S. The Balaban J connectivity index is 2.67. The number of aryl methyl sites for hydroxylation is 1. The highest BCUT2D eigenvalue weighted by atomic mass is 35.5. The van der Waals surface area contributed by atoms with Crippen LogP contribution in [0.3, 0.4) is 0 Å². The first kappa shape index (κ1) is 19.7. The summed E-state index contributed by atoms with van der Waals surface area (Å²) in [5.74, 6) is -1.37. The van der Waals surface area contributed by atoms with E-state index in [4.69, 9.17) is 11.6 Å². The molecule has 2 aromatic rings. The zero-order valence-electron chi connectivity index (χ0n) is 13.8. The van der Waals surface area contributed by atoms with E-state index in [1.54, 1.807) is 6.92 Å². The predicted molar refractivity (Wildman–Crippen MR) is 96.0 cm³/mol. The van der Waals surface area contributed by atoms with E-state index < -0.39 is 32.6 Å². The van der Waals surface area contributed by atoms with Crippen LogP contribution < -0.4 is 4.31 Å². The number of carboxylic acid groups (broad SMARTS) is 1. The van der Waals surface area contributed by atoms with E-state index >= 15 is 0 Å². The van der Waals surface area contributed by atoms with E-state index in [0.29, 0.717) is 14.9 Å². The van der Waals surface area contributed by atoms with Crippen molar-refractivity contribution >= 4 is 39.0 Å². The van der Waals surface area contributed by atoms with Gasteiger partial charge in [-0.1, -0.05) is 17.7 Å².